The minimum absolute atomic E-state index is 0.0254. The van der Waals surface area contributed by atoms with E-state index in [4.69, 9.17) is 0 Å². The van der Waals surface area contributed by atoms with Gasteiger partial charge in [0.05, 0.1) is 6.54 Å². The average molecular weight is 224 g/mol. The fourth-order valence-corrected chi connectivity index (χ4v) is 2.15. The number of hydrogen-bond acceptors (Lipinski definition) is 2. The van der Waals surface area contributed by atoms with Gasteiger partial charge in [-0.3, -0.25) is 9.59 Å². The molecule has 2 aliphatic rings. The van der Waals surface area contributed by atoms with E-state index < -0.39 is 0 Å². The van der Waals surface area contributed by atoms with Crippen LogP contribution in [0.3, 0.4) is 0 Å². The van der Waals surface area contributed by atoms with Gasteiger partial charge in [-0.25, -0.2) is 0 Å². The Hall–Kier alpha value is -1.06. The quantitative estimate of drug-likeness (QED) is 0.769. The Morgan fingerprint density at radius 3 is 2.56 bits per heavy atom. The maximum atomic E-state index is 12.1. The van der Waals surface area contributed by atoms with E-state index in [1.165, 1.54) is 12.8 Å². The highest BCUT2D eigenvalue weighted by Crippen LogP contribution is 2.45. The van der Waals surface area contributed by atoms with Crippen LogP contribution in [0.25, 0.3) is 0 Å². The van der Waals surface area contributed by atoms with E-state index in [0.29, 0.717) is 0 Å². The third-order valence-electron chi connectivity index (χ3n) is 3.57. The summed E-state index contributed by atoms with van der Waals surface area (Å²) in [7, 11) is 0. The summed E-state index contributed by atoms with van der Waals surface area (Å²) in [6.07, 6.45) is 2.34. The lowest BCUT2D eigenvalue weighted by molar-refractivity contribution is -0.146. The first-order valence-electron chi connectivity index (χ1n) is 5.99. The Bertz CT molecular complexity index is 321. The van der Waals surface area contributed by atoms with Crippen LogP contribution >= 0.6 is 0 Å². The molecular formula is C12H20N2O2. The molecular weight excluding hydrogens is 204 g/mol. The van der Waals surface area contributed by atoms with Crippen molar-refractivity contribution < 1.29 is 9.59 Å². The van der Waals surface area contributed by atoms with Crippen molar-refractivity contribution in [1.82, 2.24) is 10.2 Å². The summed E-state index contributed by atoms with van der Waals surface area (Å²) in [4.78, 5) is 25.4. The zero-order valence-electron chi connectivity index (χ0n) is 10.2. The molecule has 4 nitrogen and oxygen atoms in total. The van der Waals surface area contributed by atoms with E-state index in [2.05, 4.69) is 12.2 Å². The van der Waals surface area contributed by atoms with Crippen LogP contribution in [-0.4, -0.2) is 35.8 Å². The predicted octanol–water partition coefficient (Wildman–Crippen LogP) is 0.769. The SMILES string of the molecule is CC(C)C1NC(=O)CN(CC2(C)CC2)C1=O. The lowest BCUT2D eigenvalue weighted by Crippen LogP contribution is -2.60. The molecule has 90 valence electrons. The van der Waals surface area contributed by atoms with E-state index >= 15 is 0 Å². The lowest BCUT2D eigenvalue weighted by atomic mass is 9.99. The average Bonchev–Trinajstić information content (AvgIpc) is 2.89. The number of carbonyl (C=O) groups excluding carboxylic acids is 2. The molecule has 16 heavy (non-hydrogen) atoms. The third-order valence-corrected chi connectivity index (χ3v) is 3.57. The zero-order chi connectivity index (χ0) is 11.9. The fourth-order valence-electron chi connectivity index (χ4n) is 2.15. The smallest absolute Gasteiger partial charge is 0.245 e. The molecule has 2 fully saturated rings. The van der Waals surface area contributed by atoms with Crippen LogP contribution in [-0.2, 0) is 9.59 Å². The normalized spacial score (nSPS) is 28.2. The van der Waals surface area contributed by atoms with Crippen LogP contribution in [0.2, 0.25) is 0 Å². The molecule has 1 saturated carbocycles. The molecule has 0 aromatic heterocycles. The predicted molar refractivity (Wildman–Crippen MR) is 60.7 cm³/mol. The molecule has 0 aromatic rings. The zero-order valence-corrected chi connectivity index (χ0v) is 10.2. The fraction of sp³-hybridized carbons (Fsp3) is 0.833. The number of nitrogens with zero attached hydrogens (tertiary/aromatic N) is 1. The second kappa shape index (κ2) is 3.75. The van der Waals surface area contributed by atoms with E-state index in [0.717, 1.165) is 6.54 Å². The van der Waals surface area contributed by atoms with Gasteiger partial charge in [0.1, 0.15) is 6.04 Å². The summed E-state index contributed by atoms with van der Waals surface area (Å²) in [5.74, 6) is 0.219. The third kappa shape index (κ3) is 2.20. The molecule has 1 N–H and O–H groups in total. The number of carbonyl (C=O) groups is 2. The van der Waals surface area contributed by atoms with Gasteiger partial charge in [-0.2, -0.15) is 0 Å². The van der Waals surface area contributed by atoms with Gasteiger partial charge in [0.2, 0.25) is 11.8 Å². The molecule has 0 aromatic carbocycles. The van der Waals surface area contributed by atoms with Crippen molar-refractivity contribution in [2.24, 2.45) is 11.3 Å². The van der Waals surface area contributed by atoms with Gasteiger partial charge in [0.15, 0.2) is 0 Å². The van der Waals surface area contributed by atoms with Gasteiger partial charge in [0.25, 0.3) is 0 Å². The maximum absolute atomic E-state index is 12.1. The van der Waals surface area contributed by atoms with E-state index in [9.17, 15) is 9.59 Å². The minimum Gasteiger partial charge on any atom is -0.343 e. The molecule has 2 amide bonds. The molecule has 0 radical (unpaired) electrons. The molecule has 4 heteroatoms. The highest BCUT2D eigenvalue weighted by Gasteiger charge is 2.43. The lowest BCUT2D eigenvalue weighted by Gasteiger charge is -2.35. The first-order chi connectivity index (χ1) is 7.41. The van der Waals surface area contributed by atoms with Crippen LogP contribution in [0.15, 0.2) is 0 Å². The molecule has 1 heterocycles. The van der Waals surface area contributed by atoms with E-state index in [1.807, 2.05) is 13.8 Å². The molecule has 0 spiro atoms. The summed E-state index contributed by atoms with van der Waals surface area (Å²) in [6.45, 7) is 7.08. The Labute approximate surface area is 96.4 Å². The first-order valence-corrected chi connectivity index (χ1v) is 5.99. The van der Waals surface area contributed by atoms with Gasteiger partial charge < -0.3 is 10.2 Å². The molecule has 2 rings (SSSR count). The number of nitrogens with one attached hydrogen (secondary N) is 1. The van der Waals surface area contributed by atoms with Crippen molar-refractivity contribution in [1.29, 1.82) is 0 Å². The number of piperazine rings is 1. The molecule has 1 unspecified atom stereocenters. The first kappa shape index (κ1) is 11.4. The van der Waals surface area contributed by atoms with Crippen molar-refractivity contribution in [3.63, 3.8) is 0 Å². The summed E-state index contributed by atoms with van der Waals surface area (Å²) >= 11 is 0. The number of hydrogen-bond donors (Lipinski definition) is 1. The Balaban J connectivity index is 2.06. The van der Waals surface area contributed by atoms with Gasteiger partial charge in [0, 0.05) is 6.54 Å². The Morgan fingerprint density at radius 2 is 2.06 bits per heavy atom. The number of amides is 2. The van der Waals surface area contributed by atoms with Crippen LogP contribution < -0.4 is 5.32 Å². The highest BCUT2D eigenvalue weighted by molar-refractivity contribution is 5.95. The second-order valence-corrected chi connectivity index (χ2v) is 5.79. The Morgan fingerprint density at radius 1 is 1.44 bits per heavy atom. The summed E-state index contributed by atoms with van der Waals surface area (Å²) in [5, 5.41) is 2.77. The van der Waals surface area contributed by atoms with Crippen molar-refractivity contribution in [3.05, 3.63) is 0 Å². The van der Waals surface area contributed by atoms with Crippen molar-refractivity contribution in [2.75, 3.05) is 13.1 Å². The van der Waals surface area contributed by atoms with Gasteiger partial charge in [-0.05, 0) is 24.2 Å². The van der Waals surface area contributed by atoms with Crippen molar-refractivity contribution in [2.45, 2.75) is 39.7 Å². The molecule has 1 aliphatic carbocycles. The molecule has 1 saturated heterocycles. The number of rotatable bonds is 3. The molecule has 1 atom stereocenters. The summed E-state index contributed by atoms with van der Waals surface area (Å²) < 4.78 is 0. The maximum Gasteiger partial charge on any atom is 0.245 e. The van der Waals surface area contributed by atoms with Crippen LogP contribution in [0.4, 0.5) is 0 Å². The topological polar surface area (TPSA) is 49.4 Å². The van der Waals surface area contributed by atoms with Crippen molar-refractivity contribution in [3.8, 4) is 0 Å². The summed E-state index contributed by atoms with van der Waals surface area (Å²) in [5.41, 5.74) is 0.273. The largest absolute Gasteiger partial charge is 0.343 e. The highest BCUT2D eigenvalue weighted by atomic mass is 16.2. The second-order valence-electron chi connectivity index (χ2n) is 5.79. The van der Waals surface area contributed by atoms with Gasteiger partial charge in [-0.15, -0.1) is 0 Å². The van der Waals surface area contributed by atoms with Crippen LogP contribution in [0.5, 0.6) is 0 Å². The van der Waals surface area contributed by atoms with Crippen molar-refractivity contribution >= 4 is 11.8 Å². The molecule has 0 bridgehead atoms. The van der Waals surface area contributed by atoms with Crippen LogP contribution in [0, 0.1) is 11.3 Å². The van der Waals surface area contributed by atoms with Gasteiger partial charge in [-0.1, -0.05) is 20.8 Å². The standard InChI is InChI=1S/C12H20N2O2/c1-8(2)10-11(16)14(6-9(15)13-10)7-12(3)4-5-12/h8,10H,4-7H2,1-3H3,(H,13,15). The van der Waals surface area contributed by atoms with E-state index in [-0.39, 0.29) is 35.7 Å². The van der Waals surface area contributed by atoms with Gasteiger partial charge >= 0.3 is 0 Å². The summed E-state index contributed by atoms with van der Waals surface area (Å²) in [6, 6.07) is -0.330. The molecule has 1 aliphatic heterocycles. The monoisotopic (exact) mass is 224 g/mol. The van der Waals surface area contributed by atoms with Crippen LogP contribution in [0.1, 0.15) is 33.6 Å². The van der Waals surface area contributed by atoms with E-state index in [1.54, 1.807) is 4.90 Å². The Kier molecular flexibility index (Phi) is 2.68. The minimum atomic E-state index is -0.330.